The molecule has 0 unspecified atom stereocenters. The van der Waals surface area contributed by atoms with Crippen LogP contribution >= 0.6 is 0 Å². The van der Waals surface area contributed by atoms with Gasteiger partial charge in [0.05, 0.1) is 17.7 Å². The molecule has 0 aliphatic carbocycles. The molecule has 1 amide bonds. The number of nitrogens with zero attached hydrogens (tertiary/aromatic N) is 3. The summed E-state index contributed by atoms with van der Waals surface area (Å²) in [6.45, 7) is 1.29. The summed E-state index contributed by atoms with van der Waals surface area (Å²) < 4.78 is 37.5. The molecule has 0 radical (unpaired) electrons. The molecule has 1 aliphatic heterocycles. The Hall–Kier alpha value is -2.98. The first-order chi connectivity index (χ1) is 14.0. The molecule has 4 rings (SSSR count). The molecule has 3 heterocycles. The zero-order valence-electron chi connectivity index (χ0n) is 15.6. The third kappa shape index (κ3) is 4.22. The molecule has 152 valence electrons. The molecule has 29 heavy (non-hydrogen) atoms. The van der Waals surface area contributed by atoms with Crippen molar-refractivity contribution in [1.29, 1.82) is 0 Å². The number of carbonyl (C=O) groups excluding carboxylic acids is 1. The van der Waals surface area contributed by atoms with Crippen molar-refractivity contribution in [2.24, 2.45) is 0 Å². The zero-order chi connectivity index (χ0) is 20.3. The van der Waals surface area contributed by atoms with E-state index in [9.17, 15) is 13.2 Å². The third-order valence-corrected chi connectivity index (χ3v) is 6.59. The number of carbonyl (C=O) groups is 1. The number of aromatic nitrogens is 2. The van der Waals surface area contributed by atoms with Gasteiger partial charge >= 0.3 is 11.8 Å². The second-order valence-corrected chi connectivity index (χ2v) is 8.60. The van der Waals surface area contributed by atoms with E-state index in [2.05, 4.69) is 15.5 Å². The molecule has 1 aliphatic rings. The highest BCUT2D eigenvalue weighted by Gasteiger charge is 2.26. The Morgan fingerprint density at radius 1 is 1.07 bits per heavy atom. The monoisotopic (exact) mass is 416 g/mol. The number of furan rings is 1. The molecular weight excluding hydrogens is 396 g/mol. The summed E-state index contributed by atoms with van der Waals surface area (Å²) in [5.41, 5.74) is 0.528. The van der Waals surface area contributed by atoms with Crippen LogP contribution in [0.25, 0.3) is 11.5 Å². The average Bonchev–Trinajstić information content (AvgIpc) is 3.45. The summed E-state index contributed by atoms with van der Waals surface area (Å²) in [7, 11) is -3.50. The van der Waals surface area contributed by atoms with E-state index in [1.807, 2.05) is 0 Å². The van der Waals surface area contributed by atoms with Crippen LogP contribution in [0, 0.1) is 0 Å². The number of amides is 1. The van der Waals surface area contributed by atoms with Gasteiger partial charge < -0.3 is 14.2 Å². The first kappa shape index (κ1) is 19.3. The van der Waals surface area contributed by atoms with Gasteiger partial charge in [0.2, 0.25) is 15.9 Å². The predicted molar refractivity (Wildman–Crippen MR) is 102 cm³/mol. The SMILES string of the molecule is O=C(NCc1ccco1)c1nnc(-c2ccc(S(=O)(=O)N3CCCCC3)cc2)o1. The maximum absolute atomic E-state index is 12.7. The van der Waals surface area contributed by atoms with Crippen molar-refractivity contribution in [3.05, 3.63) is 54.3 Å². The van der Waals surface area contributed by atoms with Crippen molar-refractivity contribution in [3.63, 3.8) is 0 Å². The molecule has 1 saturated heterocycles. The summed E-state index contributed by atoms with van der Waals surface area (Å²) in [5, 5.41) is 10.2. The minimum atomic E-state index is -3.50. The van der Waals surface area contributed by atoms with Crippen LogP contribution in [0.5, 0.6) is 0 Å². The number of hydrogen-bond acceptors (Lipinski definition) is 7. The normalized spacial score (nSPS) is 15.3. The lowest BCUT2D eigenvalue weighted by atomic mass is 10.2. The van der Waals surface area contributed by atoms with E-state index >= 15 is 0 Å². The Balaban J connectivity index is 1.45. The number of benzene rings is 1. The molecule has 1 fully saturated rings. The van der Waals surface area contributed by atoms with Crippen LogP contribution in [-0.4, -0.2) is 41.9 Å². The van der Waals surface area contributed by atoms with Crippen LogP contribution in [0.3, 0.4) is 0 Å². The third-order valence-electron chi connectivity index (χ3n) is 4.68. The summed E-state index contributed by atoms with van der Waals surface area (Å²) in [4.78, 5) is 12.3. The fourth-order valence-electron chi connectivity index (χ4n) is 3.11. The molecule has 1 N–H and O–H groups in total. The number of nitrogens with one attached hydrogen (secondary N) is 1. The quantitative estimate of drug-likeness (QED) is 0.655. The van der Waals surface area contributed by atoms with Crippen LogP contribution in [0.4, 0.5) is 0 Å². The van der Waals surface area contributed by atoms with Gasteiger partial charge in [-0.15, -0.1) is 10.2 Å². The highest BCUT2D eigenvalue weighted by molar-refractivity contribution is 7.89. The average molecular weight is 416 g/mol. The second-order valence-electron chi connectivity index (χ2n) is 6.66. The highest BCUT2D eigenvalue weighted by Crippen LogP contribution is 2.24. The van der Waals surface area contributed by atoms with Crippen molar-refractivity contribution in [3.8, 4) is 11.5 Å². The number of rotatable bonds is 6. The van der Waals surface area contributed by atoms with Gasteiger partial charge in [-0.2, -0.15) is 4.31 Å². The van der Waals surface area contributed by atoms with E-state index < -0.39 is 15.9 Å². The zero-order valence-corrected chi connectivity index (χ0v) is 16.4. The van der Waals surface area contributed by atoms with Gasteiger partial charge in [0.25, 0.3) is 0 Å². The van der Waals surface area contributed by atoms with E-state index in [4.69, 9.17) is 8.83 Å². The molecular formula is C19H20N4O5S. The summed E-state index contributed by atoms with van der Waals surface area (Å²) in [6.07, 6.45) is 4.33. The Kier molecular flexibility index (Phi) is 5.45. The largest absolute Gasteiger partial charge is 0.467 e. The van der Waals surface area contributed by atoms with E-state index in [1.165, 1.54) is 22.7 Å². The van der Waals surface area contributed by atoms with Gasteiger partial charge in [-0.3, -0.25) is 4.79 Å². The highest BCUT2D eigenvalue weighted by atomic mass is 32.2. The van der Waals surface area contributed by atoms with E-state index in [-0.39, 0.29) is 23.2 Å². The molecule has 0 spiro atoms. The summed E-state index contributed by atoms with van der Waals surface area (Å²) >= 11 is 0. The topological polar surface area (TPSA) is 119 Å². The maximum atomic E-state index is 12.7. The molecule has 10 heteroatoms. The minimum Gasteiger partial charge on any atom is -0.467 e. The molecule has 3 aromatic rings. The van der Waals surface area contributed by atoms with Gasteiger partial charge in [0.15, 0.2) is 0 Å². The predicted octanol–water partition coefficient (Wildman–Crippen LogP) is 2.43. The van der Waals surface area contributed by atoms with E-state index in [1.54, 1.807) is 24.3 Å². The van der Waals surface area contributed by atoms with Crippen molar-refractivity contribution in [2.45, 2.75) is 30.7 Å². The lowest BCUT2D eigenvalue weighted by Gasteiger charge is -2.25. The summed E-state index contributed by atoms with van der Waals surface area (Å²) in [5.74, 6) is 0.0275. The van der Waals surface area contributed by atoms with Gasteiger partial charge in [-0.25, -0.2) is 8.42 Å². The fourth-order valence-corrected chi connectivity index (χ4v) is 4.63. The van der Waals surface area contributed by atoms with E-state index in [0.29, 0.717) is 24.4 Å². The van der Waals surface area contributed by atoms with Gasteiger partial charge in [0.1, 0.15) is 5.76 Å². The first-order valence-electron chi connectivity index (χ1n) is 9.29. The van der Waals surface area contributed by atoms with Crippen molar-refractivity contribution in [1.82, 2.24) is 19.8 Å². The van der Waals surface area contributed by atoms with Gasteiger partial charge in [0, 0.05) is 18.7 Å². The Bertz CT molecular complexity index is 1070. The van der Waals surface area contributed by atoms with Crippen LogP contribution in [0.2, 0.25) is 0 Å². The molecule has 2 aromatic heterocycles. The van der Waals surface area contributed by atoms with Crippen molar-refractivity contribution < 1.29 is 22.0 Å². The molecule has 1 aromatic carbocycles. The smallest absolute Gasteiger partial charge is 0.309 e. The molecule has 9 nitrogen and oxygen atoms in total. The number of piperidine rings is 1. The lowest BCUT2D eigenvalue weighted by molar-refractivity contribution is 0.0914. The Morgan fingerprint density at radius 2 is 1.83 bits per heavy atom. The van der Waals surface area contributed by atoms with Crippen LogP contribution in [-0.2, 0) is 16.6 Å². The standard InChI is InChI=1S/C19H20N4O5S/c24-17(20-13-15-5-4-12-27-15)19-22-21-18(28-19)14-6-8-16(9-7-14)29(25,26)23-10-2-1-3-11-23/h4-9,12H,1-3,10-11,13H2,(H,20,24). The fraction of sp³-hybridized carbons (Fsp3) is 0.316. The number of sulfonamides is 1. The Morgan fingerprint density at radius 3 is 2.52 bits per heavy atom. The van der Waals surface area contributed by atoms with Crippen LogP contribution in [0.15, 0.2) is 56.4 Å². The second kappa shape index (κ2) is 8.18. The first-order valence-corrected chi connectivity index (χ1v) is 10.7. The summed E-state index contributed by atoms with van der Waals surface area (Å²) in [6, 6.07) is 9.67. The maximum Gasteiger partial charge on any atom is 0.309 e. The van der Waals surface area contributed by atoms with Gasteiger partial charge in [-0.05, 0) is 49.2 Å². The minimum absolute atomic E-state index is 0.134. The van der Waals surface area contributed by atoms with E-state index in [0.717, 1.165) is 19.3 Å². The molecule has 0 bridgehead atoms. The van der Waals surface area contributed by atoms with Crippen molar-refractivity contribution >= 4 is 15.9 Å². The van der Waals surface area contributed by atoms with Crippen LogP contribution in [0.1, 0.15) is 35.7 Å². The lowest BCUT2D eigenvalue weighted by Crippen LogP contribution is -2.35. The Labute approximate surface area is 167 Å². The molecule has 0 atom stereocenters. The van der Waals surface area contributed by atoms with Gasteiger partial charge in [-0.1, -0.05) is 6.42 Å². The van der Waals surface area contributed by atoms with Crippen molar-refractivity contribution in [2.75, 3.05) is 13.1 Å². The van der Waals surface area contributed by atoms with Crippen LogP contribution < -0.4 is 5.32 Å². The number of hydrogen-bond donors (Lipinski definition) is 1. The molecule has 0 saturated carbocycles.